The molecule has 2 aromatic carbocycles. The predicted molar refractivity (Wildman–Crippen MR) is 94.5 cm³/mol. The largest absolute Gasteiger partial charge is 0.423 e. The van der Waals surface area contributed by atoms with Crippen molar-refractivity contribution >= 4 is 22.6 Å². The van der Waals surface area contributed by atoms with Gasteiger partial charge in [-0.1, -0.05) is 11.6 Å². The van der Waals surface area contributed by atoms with E-state index in [0.29, 0.717) is 32.9 Å². The molecule has 0 saturated carbocycles. The summed E-state index contributed by atoms with van der Waals surface area (Å²) in [6, 6.07) is 10.7. The van der Waals surface area contributed by atoms with Gasteiger partial charge < -0.3 is 4.42 Å². The number of tetrazole rings is 1. The molecule has 0 aliphatic heterocycles. The standard InChI is InChI=1S/C18H12ClFN4O2/c1-10-6-16-14(8-15(10)19)12(7-17(25)26-16)9-24-22-18(21-23-24)11-2-4-13(20)5-3-11/h2-8H,9H2,1H3. The highest BCUT2D eigenvalue weighted by atomic mass is 35.5. The van der Waals surface area contributed by atoms with Crippen LogP contribution in [0.3, 0.4) is 0 Å². The molecule has 0 bridgehead atoms. The molecule has 0 N–H and O–H groups in total. The summed E-state index contributed by atoms with van der Waals surface area (Å²) < 4.78 is 18.3. The predicted octanol–water partition coefficient (Wildman–Crippen LogP) is 3.60. The van der Waals surface area contributed by atoms with Crippen molar-refractivity contribution in [3.05, 3.63) is 74.9 Å². The minimum atomic E-state index is -0.465. The van der Waals surface area contributed by atoms with E-state index in [1.54, 1.807) is 24.3 Å². The van der Waals surface area contributed by atoms with Gasteiger partial charge in [-0.25, -0.2) is 9.18 Å². The van der Waals surface area contributed by atoms with Crippen molar-refractivity contribution in [2.75, 3.05) is 0 Å². The molecule has 0 amide bonds. The Kier molecular flexibility index (Phi) is 4.00. The zero-order valence-corrected chi connectivity index (χ0v) is 14.4. The zero-order valence-electron chi connectivity index (χ0n) is 13.6. The van der Waals surface area contributed by atoms with Crippen molar-refractivity contribution in [3.63, 3.8) is 0 Å². The average molecular weight is 371 g/mol. The lowest BCUT2D eigenvalue weighted by Gasteiger charge is -2.06. The van der Waals surface area contributed by atoms with Gasteiger partial charge in [-0.3, -0.25) is 0 Å². The van der Waals surface area contributed by atoms with Gasteiger partial charge in [0.1, 0.15) is 11.4 Å². The molecule has 0 fully saturated rings. The van der Waals surface area contributed by atoms with Crippen LogP contribution < -0.4 is 5.63 Å². The SMILES string of the molecule is Cc1cc2oc(=O)cc(Cn3nnc(-c4ccc(F)cc4)n3)c2cc1Cl. The van der Waals surface area contributed by atoms with Gasteiger partial charge in [0.25, 0.3) is 0 Å². The Morgan fingerprint density at radius 2 is 1.96 bits per heavy atom. The number of fused-ring (bicyclic) bond motifs is 1. The Morgan fingerprint density at radius 3 is 2.73 bits per heavy atom. The second-order valence-corrected chi connectivity index (χ2v) is 6.25. The van der Waals surface area contributed by atoms with Crippen molar-refractivity contribution in [3.8, 4) is 11.4 Å². The third kappa shape index (κ3) is 3.09. The second-order valence-electron chi connectivity index (χ2n) is 5.84. The summed E-state index contributed by atoms with van der Waals surface area (Å²) >= 11 is 6.20. The van der Waals surface area contributed by atoms with Gasteiger partial charge >= 0.3 is 5.63 Å². The van der Waals surface area contributed by atoms with Gasteiger partial charge in [0.15, 0.2) is 0 Å². The molecule has 0 spiro atoms. The zero-order chi connectivity index (χ0) is 18.3. The molecule has 6 nitrogen and oxygen atoms in total. The number of halogens is 2. The maximum Gasteiger partial charge on any atom is 0.336 e. The van der Waals surface area contributed by atoms with E-state index < -0.39 is 5.63 Å². The van der Waals surface area contributed by atoms with Crippen LogP contribution in [-0.2, 0) is 6.54 Å². The van der Waals surface area contributed by atoms with Crippen molar-refractivity contribution in [1.82, 2.24) is 20.2 Å². The lowest BCUT2D eigenvalue weighted by molar-refractivity contribution is 0.545. The number of hydrogen-bond donors (Lipinski definition) is 0. The van der Waals surface area contributed by atoms with Gasteiger partial charge in [-0.2, -0.15) is 4.80 Å². The van der Waals surface area contributed by atoms with Crippen molar-refractivity contribution in [2.24, 2.45) is 0 Å². The first kappa shape index (κ1) is 16.4. The summed E-state index contributed by atoms with van der Waals surface area (Å²) in [5.74, 6) is 0.0296. The molecule has 2 aromatic heterocycles. The summed E-state index contributed by atoms with van der Waals surface area (Å²) in [7, 11) is 0. The Balaban J connectivity index is 1.73. The molecular formula is C18H12ClFN4O2. The van der Waals surface area contributed by atoms with Crippen LogP contribution in [0.25, 0.3) is 22.4 Å². The van der Waals surface area contributed by atoms with Gasteiger partial charge in [-0.15, -0.1) is 10.2 Å². The van der Waals surface area contributed by atoms with Crippen LogP contribution in [0.4, 0.5) is 4.39 Å². The number of benzene rings is 2. The van der Waals surface area contributed by atoms with Crippen molar-refractivity contribution < 1.29 is 8.81 Å². The van der Waals surface area contributed by atoms with Crippen molar-refractivity contribution in [1.29, 1.82) is 0 Å². The fourth-order valence-electron chi connectivity index (χ4n) is 2.66. The van der Waals surface area contributed by atoms with Gasteiger partial charge in [0.2, 0.25) is 5.82 Å². The van der Waals surface area contributed by atoms with E-state index in [1.165, 1.54) is 23.0 Å². The van der Waals surface area contributed by atoms with E-state index in [1.807, 2.05) is 6.92 Å². The Labute approximate surface area is 151 Å². The molecule has 0 radical (unpaired) electrons. The summed E-state index contributed by atoms with van der Waals surface area (Å²) in [5, 5.41) is 13.6. The quantitative estimate of drug-likeness (QED) is 0.515. The van der Waals surface area contributed by atoms with E-state index in [2.05, 4.69) is 15.4 Å². The van der Waals surface area contributed by atoms with E-state index in [-0.39, 0.29) is 12.4 Å². The number of aryl methyl sites for hydroxylation is 1. The number of rotatable bonds is 3. The Morgan fingerprint density at radius 1 is 1.19 bits per heavy atom. The molecule has 0 unspecified atom stereocenters. The van der Waals surface area contributed by atoms with Crippen LogP contribution in [0, 0.1) is 12.7 Å². The van der Waals surface area contributed by atoms with Gasteiger partial charge in [-0.05, 0) is 59.7 Å². The Hall–Kier alpha value is -3.06. The summed E-state index contributed by atoms with van der Waals surface area (Å²) in [6.45, 7) is 2.05. The molecule has 130 valence electrons. The van der Waals surface area contributed by atoms with E-state index >= 15 is 0 Å². The van der Waals surface area contributed by atoms with Crippen LogP contribution in [0.1, 0.15) is 11.1 Å². The molecule has 0 aliphatic rings. The first-order valence-electron chi connectivity index (χ1n) is 7.76. The molecule has 0 atom stereocenters. The number of hydrogen-bond acceptors (Lipinski definition) is 5. The fourth-order valence-corrected chi connectivity index (χ4v) is 2.82. The first-order chi connectivity index (χ1) is 12.5. The smallest absolute Gasteiger partial charge is 0.336 e. The third-order valence-corrected chi connectivity index (χ3v) is 4.38. The summed E-state index contributed by atoms with van der Waals surface area (Å²) in [4.78, 5) is 13.2. The Bertz CT molecular complexity index is 1170. The molecule has 8 heteroatoms. The van der Waals surface area contributed by atoms with E-state index in [9.17, 15) is 9.18 Å². The highest BCUT2D eigenvalue weighted by Gasteiger charge is 2.12. The van der Waals surface area contributed by atoms with Crippen LogP contribution in [-0.4, -0.2) is 20.2 Å². The summed E-state index contributed by atoms with van der Waals surface area (Å²) in [6.07, 6.45) is 0. The lowest BCUT2D eigenvalue weighted by Crippen LogP contribution is -2.08. The van der Waals surface area contributed by atoms with Crippen LogP contribution in [0.15, 0.2) is 51.7 Å². The minimum absolute atomic E-state index is 0.218. The van der Waals surface area contributed by atoms with E-state index in [4.69, 9.17) is 16.0 Å². The lowest BCUT2D eigenvalue weighted by atomic mass is 10.1. The monoisotopic (exact) mass is 370 g/mol. The third-order valence-electron chi connectivity index (χ3n) is 3.98. The number of nitrogens with zero attached hydrogens (tertiary/aromatic N) is 4. The normalized spacial score (nSPS) is 11.2. The molecular weight excluding hydrogens is 359 g/mol. The molecule has 26 heavy (non-hydrogen) atoms. The first-order valence-corrected chi connectivity index (χ1v) is 8.14. The van der Waals surface area contributed by atoms with E-state index in [0.717, 1.165) is 5.56 Å². The maximum absolute atomic E-state index is 13.0. The number of aromatic nitrogens is 4. The molecule has 4 rings (SSSR count). The van der Waals surface area contributed by atoms with Crippen molar-refractivity contribution in [2.45, 2.75) is 13.5 Å². The van der Waals surface area contributed by atoms with Gasteiger partial charge in [0.05, 0.1) is 6.54 Å². The van der Waals surface area contributed by atoms with Crippen LogP contribution in [0.5, 0.6) is 0 Å². The second kappa shape index (κ2) is 6.34. The molecule has 2 heterocycles. The molecule has 0 saturated heterocycles. The summed E-state index contributed by atoms with van der Waals surface area (Å²) in [5.41, 5.74) is 2.12. The van der Waals surface area contributed by atoms with Gasteiger partial charge in [0, 0.05) is 22.0 Å². The van der Waals surface area contributed by atoms with Crippen LogP contribution in [0.2, 0.25) is 5.02 Å². The van der Waals surface area contributed by atoms with Crippen LogP contribution >= 0.6 is 11.6 Å². The fraction of sp³-hybridized carbons (Fsp3) is 0.111. The highest BCUT2D eigenvalue weighted by molar-refractivity contribution is 6.32. The molecule has 4 aromatic rings. The topological polar surface area (TPSA) is 73.8 Å². The maximum atomic E-state index is 13.0. The molecule has 0 aliphatic carbocycles. The minimum Gasteiger partial charge on any atom is -0.423 e. The highest BCUT2D eigenvalue weighted by Crippen LogP contribution is 2.25. The average Bonchev–Trinajstić information content (AvgIpc) is 3.06.